The van der Waals surface area contributed by atoms with Crippen LogP contribution < -0.4 is 16.0 Å². The van der Waals surface area contributed by atoms with E-state index in [2.05, 4.69) is 9.72 Å². The number of ether oxygens (including phenoxy) is 1. The van der Waals surface area contributed by atoms with Crippen LogP contribution in [0.25, 0.3) is 17.4 Å². The Bertz CT molecular complexity index is 1610. The molecule has 0 spiro atoms. The van der Waals surface area contributed by atoms with Crippen molar-refractivity contribution < 1.29 is 23.0 Å². The number of imidazole rings is 1. The smallest absolute Gasteiger partial charge is 0.406 e. The number of aromatic nitrogens is 4. The molecule has 0 bridgehead atoms. The predicted octanol–water partition coefficient (Wildman–Crippen LogP) is 4.20. The van der Waals surface area contributed by atoms with E-state index >= 15 is 0 Å². The van der Waals surface area contributed by atoms with Crippen LogP contribution in [0.15, 0.2) is 58.1 Å². The normalized spacial score (nSPS) is 12.1. The van der Waals surface area contributed by atoms with Gasteiger partial charge in [-0.25, -0.2) is 14.3 Å². The van der Waals surface area contributed by atoms with Gasteiger partial charge in [0.15, 0.2) is 11.2 Å². The zero-order valence-electron chi connectivity index (χ0n) is 19.2. The van der Waals surface area contributed by atoms with Gasteiger partial charge in [0.25, 0.3) is 5.56 Å². The number of aliphatic hydroxyl groups is 1. The van der Waals surface area contributed by atoms with Crippen molar-refractivity contribution in [2.24, 2.45) is 7.05 Å². The van der Waals surface area contributed by atoms with Gasteiger partial charge < -0.3 is 14.4 Å². The maximum absolute atomic E-state index is 13.4. The van der Waals surface area contributed by atoms with Crippen LogP contribution in [-0.2, 0) is 20.0 Å². The van der Waals surface area contributed by atoms with E-state index in [0.717, 1.165) is 16.2 Å². The van der Waals surface area contributed by atoms with Crippen LogP contribution in [-0.4, -0.2) is 36.8 Å². The molecule has 2 aromatic carbocycles. The Hall–Kier alpha value is -3.54. The lowest BCUT2D eigenvalue weighted by Crippen LogP contribution is -2.37. The molecule has 2 aromatic heterocycles. The molecule has 0 aliphatic heterocycles. The van der Waals surface area contributed by atoms with Gasteiger partial charge in [0, 0.05) is 36.3 Å². The molecule has 2 heterocycles. The molecule has 0 aliphatic rings. The van der Waals surface area contributed by atoms with Gasteiger partial charge in [0.2, 0.25) is 0 Å². The third kappa shape index (κ3) is 5.90. The lowest BCUT2D eigenvalue weighted by atomic mass is 10.1. The monoisotopic (exact) mass is 554 g/mol. The molecule has 0 saturated heterocycles. The fraction of sp³-hybridized carbons (Fsp3) is 0.208. The number of hydrogen-bond acceptors (Lipinski definition) is 5. The van der Waals surface area contributed by atoms with Crippen molar-refractivity contribution in [3.8, 4) is 5.75 Å². The third-order valence-electron chi connectivity index (χ3n) is 5.40. The first-order valence-corrected chi connectivity index (χ1v) is 11.5. The van der Waals surface area contributed by atoms with Gasteiger partial charge in [0.05, 0.1) is 6.61 Å². The third-order valence-corrected chi connectivity index (χ3v) is 5.87. The van der Waals surface area contributed by atoms with Crippen molar-refractivity contribution in [2.75, 3.05) is 6.61 Å². The number of fused-ring (bicyclic) bond motifs is 1. The van der Waals surface area contributed by atoms with Crippen molar-refractivity contribution >= 4 is 40.6 Å². The van der Waals surface area contributed by atoms with Crippen LogP contribution >= 0.6 is 23.2 Å². The zero-order valence-corrected chi connectivity index (χ0v) is 20.7. The summed E-state index contributed by atoms with van der Waals surface area (Å²) in [5, 5.41) is 9.64. The minimum absolute atomic E-state index is 0.0148. The topological polar surface area (TPSA) is 91.3 Å². The molecule has 13 heteroatoms. The largest absolute Gasteiger partial charge is 0.573 e. The highest BCUT2D eigenvalue weighted by molar-refractivity contribution is 6.31. The van der Waals surface area contributed by atoms with E-state index in [1.54, 1.807) is 28.8 Å². The number of aryl methyl sites for hydroxylation is 1. The Morgan fingerprint density at radius 2 is 1.76 bits per heavy atom. The van der Waals surface area contributed by atoms with Crippen molar-refractivity contribution in [3.63, 3.8) is 0 Å². The van der Waals surface area contributed by atoms with Crippen LogP contribution in [0.3, 0.4) is 0 Å². The molecular formula is C24H19Cl2F3N4O4. The number of rotatable bonds is 7. The molecule has 4 aromatic rings. The SMILES string of the molecule is Cn1c(=O)n(/C=C/CO)c(=O)c2c1nc(Cc1cc(Cl)cc(OC(F)(F)F)c1)n2Cc1ccc(Cl)cc1. The summed E-state index contributed by atoms with van der Waals surface area (Å²) in [7, 11) is 1.44. The summed E-state index contributed by atoms with van der Waals surface area (Å²) < 4.78 is 45.9. The van der Waals surface area contributed by atoms with Crippen molar-refractivity contribution in [3.05, 3.63) is 96.4 Å². The van der Waals surface area contributed by atoms with Gasteiger partial charge >= 0.3 is 12.1 Å². The Balaban J connectivity index is 1.92. The summed E-state index contributed by atoms with van der Waals surface area (Å²) in [4.78, 5) is 30.7. The number of benzene rings is 2. The van der Waals surface area contributed by atoms with Crippen LogP contribution in [0, 0.1) is 0 Å². The Kier molecular flexibility index (Phi) is 7.49. The van der Waals surface area contributed by atoms with Gasteiger partial charge in [-0.05, 0) is 47.5 Å². The van der Waals surface area contributed by atoms with Crippen LogP contribution in [0.1, 0.15) is 17.0 Å². The molecule has 0 aliphatic carbocycles. The van der Waals surface area contributed by atoms with E-state index in [4.69, 9.17) is 28.3 Å². The lowest BCUT2D eigenvalue weighted by Gasteiger charge is -2.12. The number of aliphatic hydroxyl groups excluding tert-OH is 1. The summed E-state index contributed by atoms with van der Waals surface area (Å²) in [5.74, 6) is -0.208. The van der Waals surface area contributed by atoms with Gasteiger partial charge in [-0.15, -0.1) is 13.2 Å². The van der Waals surface area contributed by atoms with Gasteiger partial charge in [-0.2, -0.15) is 0 Å². The molecule has 0 amide bonds. The molecule has 0 fully saturated rings. The van der Waals surface area contributed by atoms with E-state index < -0.39 is 23.4 Å². The quantitative estimate of drug-likeness (QED) is 0.369. The van der Waals surface area contributed by atoms with Crippen molar-refractivity contribution in [1.82, 2.24) is 18.7 Å². The van der Waals surface area contributed by atoms with Crippen LogP contribution in [0.4, 0.5) is 13.2 Å². The molecule has 37 heavy (non-hydrogen) atoms. The highest BCUT2D eigenvalue weighted by Gasteiger charge is 2.31. The summed E-state index contributed by atoms with van der Waals surface area (Å²) in [6.07, 6.45) is -2.53. The fourth-order valence-corrected chi connectivity index (χ4v) is 4.22. The minimum Gasteiger partial charge on any atom is -0.406 e. The fourth-order valence-electron chi connectivity index (χ4n) is 3.84. The standard InChI is InChI=1S/C24H19Cl2F3N4O4/c1-31-21-20(22(35)32(23(31)36)7-2-8-34)33(13-14-3-5-16(25)6-4-14)19(30-21)11-15-9-17(26)12-18(10-15)37-24(27,28)29/h2-7,9-10,12,34H,8,11,13H2,1H3/b7-2+. The van der Waals surface area contributed by atoms with E-state index in [1.807, 2.05) is 0 Å². The molecule has 0 radical (unpaired) electrons. The summed E-state index contributed by atoms with van der Waals surface area (Å²) in [6.45, 7) is -0.243. The van der Waals surface area contributed by atoms with E-state index in [9.17, 15) is 22.8 Å². The average molecular weight is 555 g/mol. The molecular weight excluding hydrogens is 536 g/mol. The maximum atomic E-state index is 13.4. The number of nitrogens with zero attached hydrogens (tertiary/aromatic N) is 4. The number of hydrogen-bond donors (Lipinski definition) is 1. The Morgan fingerprint density at radius 3 is 2.41 bits per heavy atom. The molecule has 194 valence electrons. The van der Waals surface area contributed by atoms with Gasteiger partial charge in [-0.1, -0.05) is 35.3 Å². The molecule has 8 nitrogen and oxygen atoms in total. The zero-order chi connectivity index (χ0) is 26.9. The maximum Gasteiger partial charge on any atom is 0.573 e. The van der Waals surface area contributed by atoms with Crippen molar-refractivity contribution in [1.29, 1.82) is 0 Å². The highest BCUT2D eigenvalue weighted by atomic mass is 35.5. The predicted molar refractivity (Wildman–Crippen MR) is 133 cm³/mol. The first-order valence-electron chi connectivity index (χ1n) is 10.7. The van der Waals surface area contributed by atoms with Crippen molar-refractivity contribution in [2.45, 2.75) is 19.3 Å². The molecule has 0 atom stereocenters. The van der Waals surface area contributed by atoms with Crippen LogP contribution in [0.2, 0.25) is 10.0 Å². The second-order valence-electron chi connectivity index (χ2n) is 8.02. The molecule has 0 unspecified atom stereocenters. The summed E-state index contributed by atoms with van der Waals surface area (Å²) in [6, 6.07) is 10.5. The first-order chi connectivity index (χ1) is 17.5. The van der Waals surface area contributed by atoms with Gasteiger partial charge in [-0.3, -0.25) is 9.36 Å². The summed E-state index contributed by atoms with van der Waals surface area (Å²) >= 11 is 12.0. The Morgan fingerprint density at radius 1 is 1.05 bits per heavy atom. The second kappa shape index (κ2) is 10.4. The van der Waals surface area contributed by atoms with Crippen LogP contribution in [0.5, 0.6) is 5.75 Å². The van der Waals surface area contributed by atoms with E-state index in [1.165, 1.54) is 36.0 Å². The molecule has 4 rings (SSSR count). The number of alkyl halides is 3. The first kappa shape index (κ1) is 26.5. The Labute approximate surface area is 217 Å². The molecule has 0 saturated carbocycles. The lowest BCUT2D eigenvalue weighted by molar-refractivity contribution is -0.274. The number of halogens is 5. The van der Waals surface area contributed by atoms with Gasteiger partial charge in [0.1, 0.15) is 11.6 Å². The van der Waals surface area contributed by atoms with E-state index in [0.29, 0.717) is 16.4 Å². The second-order valence-corrected chi connectivity index (χ2v) is 8.89. The minimum atomic E-state index is -4.91. The summed E-state index contributed by atoms with van der Waals surface area (Å²) in [5.41, 5.74) is -0.103. The highest BCUT2D eigenvalue weighted by Crippen LogP contribution is 2.28. The average Bonchev–Trinajstić information content (AvgIpc) is 3.15. The van der Waals surface area contributed by atoms with E-state index in [-0.39, 0.29) is 35.8 Å². The molecule has 1 N–H and O–H groups in total.